The molecule has 1 aliphatic carbocycles. The number of carbonyl (C=O) groups excluding carboxylic acids is 3. The van der Waals surface area contributed by atoms with Crippen LogP contribution in [0.4, 0.5) is 4.79 Å². The van der Waals surface area contributed by atoms with Gasteiger partial charge in [-0.25, -0.2) is 4.79 Å². The summed E-state index contributed by atoms with van der Waals surface area (Å²) in [5.41, 5.74) is 0.101. The van der Waals surface area contributed by atoms with Crippen molar-refractivity contribution in [2.24, 2.45) is 11.8 Å². The minimum atomic E-state index is -1.19. The predicted molar refractivity (Wildman–Crippen MR) is 182 cm³/mol. The number of rotatable bonds is 11. The molecule has 272 valence electrons. The average molecular weight is 686 g/mol. The van der Waals surface area contributed by atoms with E-state index in [4.69, 9.17) is 9.47 Å². The number of carboxylic acid groups (broad SMARTS) is 1. The second kappa shape index (κ2) is 16.1. The Balaban J connectivity index is 1.41. The fourth-order valence-electron chi connectivity index (χ4n) is 7.99. The normalized spacial score (nSPS) is 25.7. The zero-order valence-electron chi connectivity index (χ0n) is 29.4. The topological polar surface area (TPSA) is 161 Å². The van der Waals surface area contributed by atoms with E-state index < -0.39 is 42.1 Å². The van der Waals surface area contributed by atoms with Crippen molar-refractivity contribution in [3.8, 4) is 5.75 Å². The molecule has 1 aromatic carbocycles. The Kier molecular flexibility index (Phi) is 12.1. The number of nitrogens with one attached hydrogen (secondary N) is 2. The molecular weight excluding hydrogens is 630 g/mol. The van der Waals surface area contributed by atoms with Gasteiger partial charge in [-0.05, 0) is 58.9 Å². The van der Waals surface area contributed by atoms with Gasteiger partial charge in [-0.15, -0.1) is 0 Å². The summed E-state index contributed by atoms with van der Waals surface area (Å²) in [5.74, 6) is -1.61. The van der Waals surface area contributed by atoms with Gasteiger partial charge in [0.15, 0.2) is 0 Å². The second-order valence-electron chi connectivity index (χ2n) is 15.0. The molecule has 0 spiro atoms. The van der Waals surface area contributed by atoms with Gasteiger partial charge in [-0.2, -0.15) is 0 Å². The number of hydrogen-bond donors (Lipinski definition) is 4. The predicted octanol–water partition coefficient (Wildman–Crippen LogP) is 2.77. The van der Waals surface area contributed by atoms with Crippen LogP contribution in [0.3, 0.4) is 0 Å². The van der Waals surface area contributed by atoms with Crippen LogP contribution < -0.4 is 15.4 Å². The van der Waals surface area contributed by atoms with E-state index in [0.29, 0.717) is 39.3 Å². The number of amides is 4. The number of benzene rings is 1. The number of ether oxygens (including phenoxy) is 2. The van der Waals surface area contributed by atoms with E-state index in [1.807, 2.05) is 31.2 Å². The summed E-state index contributed by atoms with van der Waals surface area (Å²) in [5, 5.41) is 26.3. The van der Waals surface area contributed by atoms with Crippen molar-refractivity contribution in [3.05, 3.63) is 29.8 Å². The Morgan fingerprint density at radius 2 is 1.80 bits per heavy atom. The Morgan fingerprint density at radius 1 is 1.06 bits per heavy atom. The number of fused-ring (bicyclic) bond motifs is 2. The van der Waals surface area contributed by atoms with E-state index in [-0.39, 0.29) is 42.5 Å². The molecule has 13 heteroatoms. The molecule has 3 heterocycles. The fourth-order valence-corrected chi connectivity index (χ4v) is 7.99. The quantitative estimate of drug-likeness (QED) is 0.275. The van der Waals surface area contributed by atoms with Gasteiger partial charge in [0.2, 0.25) is 17.7 Å². The second-order valence-corrected chi connectivity index (χ2v) is 15.0. The molecule has 0 unspecified atom stereocenters. The van der Waals surface area contributed by atoms with Gasteiger partial charge in [0, 0.05) is 56.4 Å². The summed E-state index contributed by atoms with van der Waals surface area (Å²) in [7, 11) is 0. The summed E-state index contributed by atoms with van der Waals surface area (Å²) in [4.78, 5) is 60.0. The first-order chi connectivity index (χ1) is 23.4. The third kappa shape index (κ3) is 8.67. The van der Waals surface area contributed by atoms with Gasteiger partial charge in [-0.3, -0.25) is 19.3 Å². The van der Waals surface area contributed by atoms with Crippen molar-refractivity contribution in [1.82, 2.24) is 25.3 Å². The largest absolute Gasteiger partial charge is 0.493 e. The highest BCUT2D eigenvalue weighted by atomic mass is 16.5. The van der Waals surface area contributed by atoms with E-state index >= 15 is 0 Å². The molecule has 3 aliphatic heterocycles. The standard InChI is InChI=1S/C36H55N5O8/c1-5-48-26-17-25-19-40(29(21-39(25)20-26)33(44)37-28-15-16-49-30-14-10-9-13-27(28)30)34(45)31(23-11-7-6-8-12-23)38-32(43)24(22-42)18-41(35(46)47)36(2,3)4/h9-10,13-14,23-26,28-29,31,42H,5-8,11-12,15-22H2,1-4H3,(H,37,44)(H,38,43)(H,46,47)/t24-,25+,26+,28+,29-,31-/m0/s1. The maximum atomic E-state index is 14.8. The molecule has 4 amide bonds. The van der Waals surface area contributed by atoms with Crippen LogP contribution in [0.5, 0.6) is 5.75 Å². The molecular formula is C36H55N5O8. The summed E-state index contributed by atoms with van der Waals surface area (Å²) in [6.07, 6.45) is 4.53. The monoisotopic (exact) mass is 685 g/mol. The Bertz CT molecular complexity index is 1330. The molecule has 0 bridgehead atoms. The minimum absolute atomic E-state index is 0.00953. The number of aliphatic hydroxyl groups is 1. The number of piperazine rings is 1. The highest BCUT2D eigenvalue weighted by Gasteiger charge is 2.48. The lowest BCUT2D eigenvalue weighted by Gasteiger charge is -2.45. The Hall–Kier alpha value is -3.42. The van der Waals surface area contributed by atoms with Crippen molar-refractivity contribution in [2.45, 2.75) is 108 Å². The molecule has 5 rings (SSSR count). The molecule has 4 aliphatic rings. The van der Waals surface area contributed by atoms with Crippen LogP contribution >= 0.6 is 0 Å². The summed E-state index contributed by atoms with van der Waals surface area (Å²) in [6, 6.07) is 5.70. The van der Waals surface area contributed by atoms with Crippen LogP contribution in [-0.2, 0) is 19.1 Å². The third-order valence-corrected chi connectivity index (χ3v) is 10.7. The molecule has 1 aromatic rings. The van der Waals surface area contributed by atoms with E-state index in [2.05, 4.69) is 15.5 Å². The van der Waals surface area contributed by atoms with E-state index in [1.165, 1.54) is 0 Å². The number of nitrogens with zero attached hydrogens (tertiary/aromatic N) is 3. The zero-order valence-corrected chi connectivity index (χ0v) is 29.4. The van der Waals surface area contributed by atoms with Crippen LogP contribution in [-0.4, -0.2) is 124 Å². The van der Waals surface area contributed by atoms with Crippen LogP contribution in [0.25, 0.3) is 0 Å². The van der Waals surface area contributed by atoms with Crippen molar-refractivity contribution < 1.29 is 38.9 Å². The molecule has 4 N–H and O–H groups in total. The lowest BCUT2D eigenvalue weighted by atomic mass is 9.82. The number of aliphatic hydroxyl groups excluding tert-OH is 1. The molecule has 0 aromatic heterocycles. The van der Waals surface area contributed by atoms with Crippen LogP contribution in [0, 0.1) is 11.8 Å². The van der Waals surface area contributed by atoms with Crippen molar-refractivity contribution in [1.29, 1.82) is 0 Å². The number of hydrogen-bond acceptors (Lipinski definition) is 8. The van der Waals surface area contributed by atoms with E-state index in [0.717, 1.165) is 54.7 Å². The first kappa shape index (κ1) is 36.9. The van der Waals surface area contributed by atoms with Gasteiger partial charge in [0.1, 0.15) is 17.8 Å². The smallest absolute Gasteiger partial charge is 0.407 e. The zero-order chi connectivity index (χ0) is 35.3. The maximum absolute atomic E-state index is 14.8. The van der Waals surface area contributed by atoms with Crippen molar-refractivity contribution in [3.63, 3.8) is 0 Å². The van der Waals surface area contributed by atoms with Crippen LogP contribution in [0.1, 0.15) is 84.2 Å². The summed E-state index contributed by atoms with van der Waals surface area (Å²) in [6.45, 7) is 8.75. The lowest BCUT2D eigenvalue weighted by molar-refractivity contribution is -0.150. The van der Waals surface area contributed by atoms with E-state index in [1.54, 1.807) is 25.7 Å². The first-order valence-corrected chi connectivity index (χ1v) is 18.0. The SMILES string of the molecule is CCO[C@@H]1C[C@@H]2CN(C(=O)[C@@H](NC(=O)[C@H](CO)CN(C(=O)O)C(C)(C)C)C3CCCCC3)[C@H](C(=O)N[C@@H]3CCOc4ccccc43)CN2C1. The fraction of sp³-hybridized carbons (Fsp3) is 0.722. The van der Waals surface area contributed by atoms with E-state index in [9.17, 15) is 29.4 Å². The average Bonchev–Trinajstić information content (AvgIpc) is 3.48. The van der Waals surface area contributed by atoms with Gasteiger partial charge < -0.3 is 40.1 Å². The first-order valence-electron chi connectivity index (χ1n) is 18.0. The number of para-hydroxylation sites is 1. The maximum Gasteiger partial charge on any atom is 0.407 e. The number of carbonyl (C=O) groups is 4. The molecule has 1 saturated carbocycles. The lowest BCUT2D eigenvalue weighted by Crippen LogP contribution is -2.66. The summed E-state index contributed by atoms with van der Waals surface area (Å²) < 4.78 is 11.8. The molecule has 3 fully saturated rings. The molecule has 49 heavy (non-hydrogen) atoms. The van der Waals surface area contributed by atoms with Gasteiger partial charge in [-0.1, -0.05) is 37.5 Å². The third-order valence-electron chi connectivity index (χ3n) is 10.7. The van der Waals surface area contributed by atoms with Crippen molar-refractivity contribution in [2.75, 3.05) is 46.0 Å². The van der Waals surface area contributed by atoms with Crippen LogP contribution in [0.2, 0.25) is 0 Å². The van der Waals surface area contributed by atoms with Crippen molar-refractivity contribution >= 4 is 23.8 Å². The molecule has 6 atom stereocenters. The highest BCUT2D eigenvalue weighted by molar-refractivity contribution is 5.93. The van der Waals surface area contributed by atoms with Crippen LogP contribution in [0.15, 0.2) is 24.3 Å². The summed E-state index contributed by atoms with van der Waals surface area (Å²) >= 11 is 0. The van der Waals surface area contributed by atoms with Gasteiger partial charge in [0.25, 0.3) is 0 Å². The van der Waals surface area contributed by atoms with Gasteiger partial charge >= 0.3 is 6.09 Å². The molecule has 13 nitrogen and oxygen atoms in total. The Labute approximate surface area is 289 Å². The molecule has 0 radical (unpaired) electrons. The highest BCUT2D eigenvalue weighted by Crippen LogP contribution is 2.34. The Morgan fingerprint density at radius 3 is 2.47 bits per heavy atom. The molecule has 2 saturated heterocycles. The minimum Gasteiger partial charge on any atom is -0.493 e. The van der Waals surface area contributed by atoms with Gasteiger partial charge in [0.05, 0.1) is 31.3 Å².